The number of urea groups is 1. The number of nitrogens with zero attached hydrogens (tertiary/aromatic N) is 1. The molecule has 1 rings (SSSR count). The number of carboxylic acids is 1. The van der Waals surface area contributed by atoms with E-state index in [2.05, 4.69) is 16.5 Å². The molecule has 1 heterocycles. The van der Waals surface area contributed by atoms with Crippen molar-refractivity contribution < 1.29 is 14.7 Å². The van der Waals surface area contributed by atoms with E-state index in [0.29, 0.717) is 0 Å². The zero-order valence-corrected chi connectivity index (χ0v) is 6.68. The van der Waals surface area contributed by atoms with E-state index < -0.39 is 12.0 Å². The highest BCUT2D eigenvalue weighted by molar-refractivity contribution is 5.86. The number of rotatable bonds is 1. The van der Waals surface area contributed by atoms with Crippen LogP contribution in [0.5, 0.6) is 0 Å². The predicted octanol–water partition coefficient (Wildman–Crippen LogP) is -0.196. The Kier molecular flexibility index (Phi) is 4.63. The molecule has 0 atom stereocenters. The summed E-state index contributed by atoms with van der Waals surface area (Å²) < 4.78 is 0. The highest BCUT2D eigenvalue weighted by Gasteiger charge is 1.97. The summed E-state index contributed by atoms with van der Waals surface area (Å²) in [6, 6.07) is 2.25. The second-order valence-electron chi connectivity index (χ2n) is 1.95. The smallest absolute Gasteiger partial charge is 0.337 e. The van der Waals surface area contributed by atoms with Gasteiger partial charge in [-0.3, -0.25) is 4.98 Å². The van der Waals surface area contributed by atoms with Gasteiger partial charge in [0.05, 0.1) is 5.56 Å². The number of hydrogen-bond acceptors (Lipinski definition) is 3. The Hall–Kier alpha value is -2.11. The highest BCUT2D eigenvalue weighted by atomic mass is 16.4. The molecule has 0 fully saturated rings. The maximum absolute atomic E-state index is 10.2. The van der Waals surface area contributed by atoms with Crippen molar-refractivity contribution in [2.75, 3.05) is 0 Å². The Morgan fingerprint density at radius 3 is 2.15 bits per heavy atom. The predicted molar refractivity (Wildman–Crippen MR) is 45.0 cm³/mol. The van der Waals surface area contributed by atoms with Crippen LogP contribution < -0.4 is 11.5 Å². The molecular formula is C7H9N3O3. The number of carboxylic acid groups (broad SMARTS) is 1. The van der Waals surface area contributed by atoms with Crippen molar-refractivity contribution in [3.8, 4) is 0 Å². The molecule has 0 radical (unpaired) electrons. The molecule has 0 bridgehead atoms. The summed E-state index contributed by atoms with van der Waals surface area (Å²) in [6.45, 7) is 0. The Balaban J connectivity index is 0.000000310. The minimum atomic E-state index is -0.942. The molecule has 0 aliphatic carbocycles. The molecule has 0 aromatic carbocycles. The first kappa shape index (κ1) is 10.9. The minimum absolute atomic E-state index is 0.220. The molecule has 70 valence electrons. The van der Waals surface area contributed by atoms with Crippen LogP contribution in [0.4, 0.5) is 4.79 Å². The van der Waals surface area contributed by atoms with Crippen LogP contribution in [-0.4, -0.2) is 22.1 Å². The number of carbonyl (C=O) groups is 2. The number of amides is 2. The van der Waals surface area contributed by atoms with E-state index >= 15 is 0 Å². The van der Waals surface area contributed by atoms with Crippen LogP contribution in [0.1, 0.15) is 10.4 Å². The molecule has 2 amide bonds. The maximum atomic E-state index is 10.2. The topological polar surface area (TPSA) is 119 Å². The van der Waals surface area contributed by atoms with E-state index in [0.717, 1.165) is 0 Å². The first-order valence-electron chi connectivity index (χ1n) is 3.22. The molecule has 6 heteroatoms. The fourth-order valence-electron chi connectivity index (χ4n) is 0.489. The zero-order chi connectivity index (χ0) is 10.3. The molecule has 0 aliphatic rings. The van der Waals surface area contributed by atoms with Crippen LogP contribution in [0.3, 0.4) is 0 Å². The average molecular weight is 183 g/mol. The largest absolute Gasteiger partial charge is 0.478 e. The first-order valence-corrected chi connectivity index (χ1v) is 3.22. The second kappa shape index (κ2) is 5.53. The van der Waals surface area contributed by atoms with Crippen molar-refractivity contribution in [1.82, 2.24) is 4.98 Å². The van der Waals surface area contributed by atoms with Crippen molar-refractivity contribution in [2.24, 2.45) is 11.5 Å². The monoisotopic (exact) mass is 183 g/mol. The summed E-state index contributed by atoms with van der Waals surface area (Å²) in [5, 5.41) is 8.34. The van der Waals surface area contributed by atoms with Crippen LogP contribution in [0.2, 0.25) is 0 Å². The molecule has 0 saturated carbocycles. The lowest BCUT2D eigenvalue weighted by Crippen LogP contribution is -2.18. The van der Waals surface area contributed by atoms with Gasteiger partial charge in [0, 0.05) is 12.4 Å². The summed E-state index contributed by atoms with van der Waals surface area (Å²) in [5.74, 6) is -0.942. The fourth-order valence-corrected chi connectivity index (χ4v) is 0.489. The summed E-state index contributed by atoms with van der Waals surface area (Å²) in [7, 11) is 0. The molecule has 6 nitrogen and oxygen atoms in total. The van der Waals surface area contributed by atoms with Gasteiger partial charge >= 0.3 is 12.0 Å². The van der Waals surface area contributed by atoms with Gasteiger partial charge < -0.3 is 16.6 Å². The molecule has 5 N–H and O–H groups in total. The van der Waals surface area contributed by atoms with Gasteiger partial charge in [-0.2, -0.15) is 0 Å². The van der Waals surface area contributed by atoms with Crippen molar-refractivity contribution in [1.29, 1.82) is 0 Å². The Morgan fingerprint density at radius 1 is 1.38 bits per heavy atom. The average Bonchev–Trinajstić information content (AvgIpc) is 2.05. The number of aromatic nitrogens is 1. The lowest BCUT2D eigenvalue weighted by molar-refractivity contribution is 0.0696. The van der Waals surface area contributed by atoms with E-state index in [9.17, 15) is 4.79 Å². The first-order chi connectivity index (χ1) is 6.04. The number of pyridine rings is 1. The number of hydrogen-bond donors (Lipinski definition) is 3. The lowest BCUT2D eigenvalue weighted by atomic mass is 10.3. The number of nitrogens with two attached hydrogens (primary N) is 2. The van der Waals surface area contributed by atoms with Crippen LogP contribution in [0.15, 0.2) is 24.5 Å². The molecule has 0 saturated heterocycles. The van der Waals surface area contributed by atoms with Gasteiger partial charge in [-0.15, -0.1) is 0 Å². The quantitative estimate of drug-likeness (QED) is 0.558. The van der Waals surface area contributed by atoms with Crippen molar-refractivity contribution in [2.45, 2.75) is 0 Å². The summed E-state index contributed by atoms with van der Waals surface area (Å²) in [4.78, 5) is 22.8. The molecule has 1 aromatic rings. The van der Waals surface area contributed by atoms with Gasteiger partial charge in [-0.05, 0) is 12.1 Å². The van der Waals surface area contributed by atoms with Gasteiger partial charge in [0.2, 0.25) is 0 Å². The third-order valence-electron chi connectivity index (χ3n) is 0.908. The Morgan fingerprint density at radius 2 is 1.92 bits per heavy atom. The van der Waals surface area contributed by atoms with Crippen LogP contribution >= 0.6 is 0 Å². The fraction of sp³-hybridized carbons (Fsp3) is 0. The van der Waals surface area contributed by atoms with Gasteiger partial charge in [0.25, 0.3) is 0 Å². The normalized spacial score (nSPS) is 8.00. The van der Waals surface area contributed by atoms with E-state index in [1.54, 1.807) is 6.07 Å². The summed E-state index contributed by atoms with van der Waals surface area (Å²) in [5.41, 5.74) is 8.72. The van der Waals surface area contributed by atoms with E-state index in [1.165, 1.54) is 18.5 Å². The molecule has 1 aromatic heterocycles. The number of carbonyl (C=O) groups excluding carboxylic acids is 1. The molecule has 0 aliphatic heterocycles. The number of aromatic carboxylic acids is 1. The van der Waals surface area contributed by atoms with E-state index in [4.69, 9.17) is 9.90 Å². The third-order valence-corrected chi connectivity index (χ3v) is 0.908. The van der Waals surface area contributed by atoms with Gasteiger partial charge in [-0.1, -0.05) is 0 Å². The van der Waals surface area contributed by atoms with Gasteiger partial charge in [-0.25, -0.2) is 9.59 Å². The van der Waals surface area contributed by atoms with Gasteiger partial charge in [0.1, 0.15) is 0 Å². The maximum Gasteiger partial charge on any atom is 0.337 e. The summed E-state index contributed by atoms with van der Waals surface area (Å²) >= 11 is 0. The van der Waals surface area contributed by atoms with E-state index in [1.807, 2.05) is 0 Å². The molecule has 13 heavy (non-hydrogen) atoms. The number of primary amides is 2. The van der Waals surface area contributed by atoms with E-state index in [-0.39, 0.29) is 5.56 Å². The highest BCUT2D eigenvalue weighted by Crippen LogP contribution is 1.92. The molecule has 0 unspecified atom stereocenters. The Labute approximate surface area is 74.2 Å². The van der Waals surface area contributed by atoms with Crippen molar-refractivity contribution >= 4 is 12.0 Å². The minimum Gasteiger partial charge on any atom is -0.478 e. The zero-order valence-electron chi connectivity index (χ0n) is 6.68. The SMILES string of the molecule is NC(N)=O.O=C(O)c1cccnc1. The van der Waals surface area contributed by atoms with Crippen LogP contribution in [0.25, 0.3) is 0 Å². The van der Waals surface area contributed by atoms with Crippen molar-refractivity contribution in [3.63, 3.8) is 0 Å². The summed E-state index contributed by atoms with van der Waals surface area (Å²) in [6.07, 6.45) is 2.84. The third kappa shape index (κ3) is 6.29. The lowest BCUT2D eigenvalue weighted by Gasteiger charge is -1.87. The van der Waals surface area contributed by atoms with Crippen LogP contribution in [0, 0.1) is 0 Å². The Bertz CT molecular complexity index is 282. The van der Waals surface area contributed by atoms with Crippen molar-refractivity contribution in [3.05, 3.63) is 30.1 Å². The van der Waals surface area contributed by atoms with Crippen LogP contribution in [-0.2, 0) is 0 Å². The molecule has 0 spiro atoms. The van der Waals surface area contributed by atoms with Gasteiger partial charge in [0.15, 0.2) is 0 Å². The molecular weight excluding hydrogens is 174 g/mol. The second-order valence-corrected chi connectivity index (χ2v) is 1.95. The standard InChI is InChI=1S/C6H5NO2.CH4N2O/c8-6(9)5-2-1-3-7-4-5;2-1(3)4/h1-4H,(H,8,9);(H4,2,3,4).